The van der Waals surface area contributed by atoms with Crippen LogP contribution in [-0.2, 0) is 6.18 Å². The quantitative estimate of drug-likeness (QED) is 0.247. The van der Waals surface area contributed by atoms with E-state index in [4.69, 9.17) is 0 Å². The summed E-state index contributed by atoms with van der Waals surface area (Å²) in [5.41, 5.74) is 0.523. The molecule has 0 N–H and O–H groups in total. The maximum Gasteiger partial charge on any atom is 0.416 e. The van der Waals surface area contributed by atoms with Crippen molar-refractivity contribution < 1.29 is 17.9 Å². The average molecular weight is 458 g/mol. The van der Waals surface area contributed by atoms with Crippen molar-refractivity contribution in [3.05, 3.63) is 124 Å². The molecule has 0 aliphatic heterocycles. The first kappa shape index (κ1) is 21.5. The molecule has 0 aliphatic carbocycles. The number of hydrogen-bond acceptors (Lipinski definition) is 2. The van der Waals surface area contributed by atoms with E-state index in [2.05, 4.69) is 0 Å². The third kappa shape index (κ3) is 3.61. The van der Waals surface area contributed by atoms with Crippen molar-refractivity contribution in [2.24, 2.45) is 0 Å². The van der Waals surface area contributed by atoms with Gasteiger partial charge in [0, 0.05) is 22.6 Å². The zero-order chi connectivity index (χ0) is 23.9. The SMILES string of the molecule is O=c1c2ccc(C(F)(F)F)cc2c(-c2ccccc2)c(-c2ccccc2)n1-c1cccc[n+]1[O-]. The largest absolute Gasteiger partial charge is 0.711 e. The normalized spacial score (nSPS) is 11.6. The number of fused-ring (bicyclic) bond motifs is 1. The van der Waals surface area contributed by atoms with Gasteiger partial charge in [0.15, 0.2) is 5.69 Å². The van der Waals surface area contributed by atoms with E-state index >= 15 is 0 Å². The molecule has 0 spiro atoms. The summed E-state index contributed by atoms with van der Waals surface area (Å²) in [7, 11) is 0. The van der Waals surface area contributed by atoms with Crippen LogP contribution in [0.25, 0.3) is 39.0 Å². The van der Waals surface area contributed by atoms with Crippen LogP contribution in [0.4, 0.5) is 13.2 Å². The molecule has 0 fully saturated rings. The standard InChI is InChI=1S/C27H17F3N2O2/c28-27(29,30)20-14-15-21-22(17-20)24(18-9-3-1-4-10-18)25(19-11-5-2-6-12-19)32(26(21)33)23-13-7-8-16-31(23)34/h1-17H. The van der Waals surface area contributed by atoms with Crippen molar-refractivity contribution in [1.29, 1.82) is 0 Å². The lowest BCUT2D eigenvalue weighted by Crippen LogP contribution is -2.36. The molecular weight excluding hydrogens is 441 g/mol. The van der Waals surface area contributed by atoms with E-state index in [-0.39, 0.29) is 16.6 Å². The Morgan fingerprint density at radius 2 is 1.35 bits per heavy atom. The maximum atomic E-state index is 13.7. The Morgan fingerprint density at radius 3 is 1.97 bits per heavy atom. The van der Waals surface area contributed by atoms with Crippen molar-refractivity contribution in [3.63, 3.8) is 0 Å². The van der Waals surface area contributed by atoms with E-state index in [1.54, 1.807) is 72.8 Å². The molecule has 2 heterocycles. The van der Waals surface area contributed by atoms with Crippen molar-refractivity contribution >= 4 is 10.8 Å². The van der Waals surface area contributed by atoms with Gasteiger partial charge in [-0.15, -0.1) is 0 Å². The van der Waals surface area contributed by atoms with Crippen LogP contribution >= 0.6 is 0 Å². The van der Waals surface area contributed by atoms with Gasteiger partial charge in [-0.2, -0.15) is 17.7 Å². The molecule has 3 aromatic carbocycles. The minimum Gasteiger partial charge on any atom is -0.711 e. The maximum absolute atomic E-state index is 13.7. The van der Waals surface area contributed by atoms with Crippen LogP contribution in [0.3, 0.4) is 0 Å². The molecule has 7 heteroatoms. The molecule has 0 saturated carbocycles. The van der Waals surface area contributed by atoms with Gasteiger partial charge in [-0.25, -0.2) is 9.52 Å². The third-order valence-corrected chi connectivity index (χ3v) is 5.65. The molecule has 0 radical (unpaired) electrons. The molecule has 0 saturated heterocycles. The Hall–Kier alpha value is -4.39. The highest BCUT2D eigenvalue weighted by Gasteiger charge is 2.33. The van der Waals surface area contributed by atoms with Crippen LogP contribution in [0, 0.1) is 5.21 Å². The fraction of sp³-hybridized carbons (Fsp3) is 0.0370. The summed E-state index contributed by atoms with van der Waals surface area (Å²) in [6.45, 7) is 0. The van der Waals surface area contributed by atoms with Crippen LogP contribution in [0.5, 0.6) is 0 Å². The molecule has 0 unspecified atom stereocenters. The number of alkyl halides is 3. The first-order valence-electron chi connectivity index (χ1n) is 10.5. The fourth-order valence-corrected chi connectivity index (χ4v) is 4.15. The van der Waals surface area contributed by atoms with Crippen LogP contribution in [0.1, 0.15) is 5.56 Å². The summed E-state index contributed by atoms with van der Waals surface area (Å²) in [6.07, 6.45) is -3.31. The van der Waals surface area contributed by atoms with Crippen LogP contribution in [0.2, 0.25) is 0 Å². The second-order valence-electron chi connectivity index (χ2n) is 7.74. The van der Waals surface area contributed by atoms with E-state index < -0.39 is 17.3 Å². The van der Waals surface area contributed by atoms with Crippen molar-refractivity contribution in [2.45, 2.75) is 6.18 Å². The van der Waals surface area contributed by atoms with Crippen molar-refractivity contribution in [1.82, 2.24) is 4.57 Å². The van der Waals surface area contributed by atoms with Gasteiger partial charge >= 0.3 is 11.7 Å². The van der Waals surface area contributed by atoms with Crippen molar-refractivity contribution in [3.8, 4) is 28.2 Å². The summed E-state index contributed by atoms with van der Waals surface area (Å²) in [5, 5.41) is 13.0. The number of rotatable bonds is 3. The fourth-order valence-electron chi connectivity index (χ4n) is 4.15. The lowest BCUT2D eigenvalue weighted by molar-refractivity contribution is -0.599. The van der Waals surface area contributed by atoms with Gasteiger partial charge < -0.3 is 5.21 Å². The molecule has 168 valence electrons. The molecule has 5 rings (SSSR count). The number of hydrogen-bond donors (Lipinski definition) is 0. The lowest BCUT2D eigenvalue weighted by Gasteiger charge is -2.18. The van der Waals surface area contributed by atoms with Gasteiger partial charge in [-0.05, 0) is 29.8 Å². The van der Waals surface area contributed by atoms with Gasteiger partial charge in [0.2, 0.25) is 0 Å². The van der Waals surface area contributed by atoms with E-state index in [1.807, 2.05) is 0 Å². The second kappa shape index (κ2) is 8.19. The van der Waals surface area contributed by atoms with Crippen molar-refractivity contribution in [2.75, 3.05) is 0 Å². The first-order chi connectivity index (χ1) is 16.4. The van der Waals surface area contributed by atoms with Gasteiger partial charge in [0.25, 0.3) is 5.82 Å². The molecular formula is C27H17F3N2O2. The Kier molecular flexibility index (Phi) is 5.17. The summed E-state index contributed by atoms with van der Waals surface area (Å²) in [4.78, 5) is 13.7. The highest BCUT2D eigenvalue weighted by Crippen LogP contribution is 2.40. The molecule has 0 atom stereocenters. The zero-order valence-corrected chi connectivity index (χ0v) is 17.7. The number of nitrogens with zero attached hydrogens (tertiary/aromatic N) is 2. The van der Waals surface area contributed by atoms with Gasteiger partial charge in [0.1, 0.15) is 0 Å². The average Bonchev–Trinajstić information content (AvgIpc) is 2.85. The highest BCUT2D eigenvalue weighted by atomic mass is 19.4. The molecule has 2 aromatic heterocycles. The van der Waals surface area contributed by atoms with E-state index in [1.165, 1.54) is 22.9 Å². The predicted molar refractivity (Wildman–Crippen MR) is 124 cm³/mol. The Morgan fingerprint density at radius 1 is 0.735 bits per heavy atom. The number of halogens is 3. The molecule has 0 amide bonds. The monoisotopic (exact) mass is 458 g/mol. The third-order valence-electron chi connectivity index (χ3n) is 5.65. The number of aromatic nitrogens is 2. The Bertz CT molecular complexity index is 1560. The minimum absolute atomic E-state index is 0.0466. The minimum atomic E-state index is -4.58. The Labute approximate surface area is 192 Å². The van der Waals surface area contributed by atoms with Crippen LogP contribution in [-0.4, -0.2) is 4.57 Å². The van der Waals surface area contributed by atoms with E-state index in [0.29, 0.717) is 27.1 Å². The number of pyridine rings is 2. The zero-order valence-electron chi connectivity index (χ0n) is 17.7. The summed E-state index contributed by atoms with van der Waals surface area (Å²) < 4.78 is 42.8. The topological polar surface area (TPSA) is 48.9 Å². The van der Waals surface area contributed by atoms with Gasteiger partial charge in [0.05, 0.1) is 17.1 Å². The smallest absolute Gasteiger partial charge is 0.416 e. The molecule has 4 nitrogen and oxygen atoms in total. The molecule has 34 heavy (non-hydrogen) atoms. The molecule has 0 bridgehead atoms. The molecule has 0 aliphatic rings. The predicted octanol–water partition coefficient (Wildman–Crippen LogP) is 5.98. The van der Waals surface area contributed by atoms with Gasteiger partial charge in [-0.3, -0.25) is 0 Å². The summed E-state index contributed by atoms with van der Waals surface area (Å²) >= 11 is 0. The lowest BCUT2D eigenvalue weighted by atomic mass is 9.92. The number of benzene rings is 3. The van der Waals surface area contributed by atoms with Gasteiger partial charge in [-0.1, -0.05) is 66.7 Å². The summed E-state index contributed by atoms with van der Waals surface area (Å²) in [5.74, 6) is 0.0466. The summed E-state index contributed by atoms with van der Waals surface area (Å²) in [6, 6.07) is 25.5. The molecule has 5 aromatic rings. The first-order valence-corrected chi connectivity index (χ1v) is 10.5. The highest BCUT2D eigenvalue weighted by molar-refractivity contribution is 6.03. The second-order valence-corrected chi connectivity index (χ2v) is 7.74. The van der Waals surface area contributed by atoms with E-state index in [0.717, 1.165) is 12.1 Å². The van der Waals surface area contributed by atoms with E-state index in [9.17, 15) is 23.2 Å². The van der Waals surface area contributed by atoms with Crippen LogP contribution in [0.15, 0.2) is 108 Å². The Balaban J connectivity index is 2.06. The van der Waals surface area contributed by atoms with Crippen LogP contribution < -0.4 is 10.3 Å².